The molecule has 0 heterocycles. The molecule has 3 heteroatoms. The molecule has 0 saturated heterocycles. The van der Waals surface area contributed by atoms with E-state index in [1.165, 1.54) is 50.5 Å². The van der Waals surface area contributed by atoms with Crippen molar-refractivity contribution in [3.63, 3.8) is 0 Å². The Labute approximate surface area is 204 Å². The van der Waals surface area contributed by atoms with Crippen molar-refractivity contribution in [2.75, 3.05) is 13.2 Å². The Morgan fingerprint density at radius 1 is 1.03 bits per heavy atom. The summed E-state index contributed by atoms with van der Waals surface area (Å²) in [6.45, 7) is 13.1. The fourth-order valence-corrected chi connectivity index (χ4v) is 9.54. The Hall–Kier alpha value is -0.380. The molecule has 190 valence electrons. The molecule has 0 bridgehead atoms. The van der Waals surface area contributed by atoms with Crippen LogP contribution in [0.15, 0.2) is 11.6 Å². The smallest absolute Gasteiger partial charge is 0.0577 e. The Morgan fingerprint density at radius 2 is 1.79 bits per heavy atom. The van der Waals surface area contributed by atoms with Crippen LogP contribution in [0.4, 0.5) is 0 Å². The standard InChI is InChI=1S/C30H53NO2/c1-19(2)7-6-8-20(3)25-9-10-26-28-24(21(17-31)18-32)16-22-15-23(33)11-13-29(22,4)27(28)12-14-30(25,26)5/h16,19-21,23-28,32-33H,6-15,17-18,31H2,1-5H3/t20-,21?,23+,24?,25-,26?,27?,28?,29+,30-/m1/s1. The largest absolute Gasteiger partial charge is 0.396 e. The number of aliphatic hydroxyl groups is 2. The summed E-state index contributed by atoms with van der Waals surface area (Å²) in [5.74, 6) is 5.06. The maximum absolute atomic E-state index is 10.5. The van der Waals surface area contributed by atoms with E-state index < -0.39 is 0 Å². The van der Waals surface area contributed by atoms with Gasteiger partial charge in [-0.2, -0.15) is 0 Å². The zero-order valence-electron chi connectivity index (χ0n) is 22.2. The van der Waals surface area contributed by atoms with Crippen LogP contribution in [0.25, 0.3) is 0 Å². The molecule has 3 nitrogen and oxygen atoms in total. The van der Waals surface area contributed by atoms with Crippen LogP contribution in [0.3, 0.4) is 0 Å². The average Bonchev–Trinajstić information content (AvgIpc) is 3.12. The first-order valence-corrected chi connectivity index (χ1v) is 14.4. The molecular formula is C30H53NO2. The lowest BCUT2D eigenvalue weighted by Crippen LogP contribution is -2.55. The normalized spacial score (nSPS) is 44.6. The first kappa shape index (κ1) is 25.7. The molecule has 5 unspecified atom stereocenters. The number of fused-ring (bicyclic) bond motifs is 5. The van der Waals surface area contributed by atoms with E-state index in [2.05, 4.69) is 40.7 Å². The van der Waals surface area contributed by atoms with E-state index in [0.717, 1.165) is 42.9 Å². The van der Waals surface area contributed by atoms with Crippen molar-refractivity contribution in [2.45, 2.75) is 105 Å². The third kappa shape index (κ3) is 4.49. The summed E-state index contributed by atoms with van der Waals surface area (Å²) in [7, 11) is 0. The van der Waals surface area contributed by atoms with Gasteiger partial charge in [0.05, 0.1) is 6.10 Å². The van der Waals surface area contributed by atoms with Crippen molar-refractivity contribution in [2.24, 2.45) is 63.9 Å². The molecule has 0 radical (unpaired) electrons. The molecule has 4 aliphatic carbocycles. The minimum Gasteiger partial charge on any atom is -0.396 e. The molecule has 3 fully saturated rings. The van der Waals surface area contributed by atoms with Crippen LogP contribution in [0.5, 0.6) is 0 Å². The van der Waals surface area contributed by atoms with Crippen LogP contribution >= 0.6 is 0 Å². The number of rotatable bonds is 8. The van der Waals surface area contributed by atoms with Gasteiger partial charge in [-0.05, 0) is 104 Å². The molecule has 4 aliphatic rings. The molecule has 3 saturated carbocycles. The van der Waals surface area contributed by atoms with Gasteiger partial charge >= 0.3 is 0 Å². The number of hydrogen-bond donors (Lipinski definition) is 3. The molecule has 0 aromatic heterocycles. The monoisotopic (exact) mass is 459 g/mol. The third-order valence-corrected chi connectivity index (χ3v) is 11.5. The Balaban J connectivity index is 1.63. The summed E-state index contributed by atoms with van der Waals surface area (Å²) in [4.78, 5) is 0. The van der Waals surface area contributed by atoms with Gasteiger partial charge in [0.2, 0.25) is 0 Å². The number of allylic oxidation sites excluding steroid dienone is 1. The van der Waals surface area contributed by atoms with Crippen LogP contribution in [0, 0.1) is 58.2 Å². The van der Waals surface area contributed by atoms with Gasteiger partial charge in [0.25, 0.3) is 0 Å². The maximum Gasteiger partial charge on any atom is 0.0577 e. The molecular weight excluding hydrogens is 406 g/mol. The van der Waals surface area contributed by atoms with E-state index >= 15 is 0 Å². The summed E-state index contributed by atoms with van der Waals surface area (Å²) in [5, 5.41) is 20.8. The van der Waals surface area contributed by atoms with Crippen LogP contribution in [0.2, 0.25) is 0 Å². The Morgan fingerprint density at radius 3 is 2.45 bits per heavy atom. The highest BCUT2D eigenvalue weighted by atomic mass is 16.3. The molecule has 4 N–H and O–H groups in total. The summed E-state index contributed by atoms with van der Waals surface area (Å²) in [6, 6.07) is 0. The van der Waals surface area contributed by atoms with Gasteiger partial charge in [-0.3, -0.25) is 0 Å². The molecule has 0 spiro atoms. The maximum atomic E-state index is 10.5. The lowest BCUT2D eigenvalue weighted by atomic mass is 9.44. The lowest BCUT2D eigenvalue weighted by molar-refractivity contribution is -0.0873. The van der Waals surface area contributed by atoms with Gasteiger partial charge in [0.1, 0.15) is 0 Å². The van der Waals surface area contributed by atoms with E-state index in [9.17, 15) is 10.2 Å². The van der Waals surface area contributed by atoms with Gasteiger partial charge in [-0.25, -0.2) is 0 Å². The fraction of sp³-hybridized carbons (Fsp3) is 0.933. The quantitative estimate of drug-likeness (QED) is 0.380. The minimum atomic E-state index is -0.191. The average molecular weight is 460 g/mol. The second kappa shape index (κ2) is 9.94. The number of aliphatic hydroxyl groups excluding tert-OH is 2. The summed E-state index contributed by atoms with van der Waals surface area (Å²) in [5.41, 5.74) is 8.40. The van der Waals surface area contributed by atoms with E-state index in [-0.39, 0.29) is 24.0 Å². The van der Waals surface area contributed by atoms with Crippen molar-refractivity contribution in [3.05, 3.63) is 11.6 Å². The van der Waals surface area contributed by atoms with Gasteiger partial charge in [-0.15, -0.1) is 0 Å². The van der Waals surface area contributed by atoms with E-state index in [0.29, 0.717) is 29.7 Å². The summed E-state index contributed by atoms with van der Waals surface area (Å²) < 4.78 is 0. The van der Waals surface area contributed by atoms with Crippen molar-refractivity contribution >= 4 is 0 Å². The molecule has 0 aromatic carbocycles. The molecule has 0 aliphatic heterocycles. The van der Waals surface area contributed by atoms with E-state index in [1.807, 2.05) is 0 Å². The molecule has 4 rings (SSSR count). The second-order valence-electron chi connectivity index (χ2n) is 13.6. The molecule has 10 atom stereocenters. The summed E-state index contributed by atoms with van der Waals surface area (Å²) >= 11 is 0. The number of hydrogen-bond acceptors (Lipinski definition) is 3. The van der Waals surface area contributed by atoms with Gasteiger partial charge in [-0.1, -0.05) is 65.5 Å². The van der Waals surface area contributed by atoms with E-state index in [4.69, 9.17) is 5.73 Å². The zero-order valence-corrected chi connectivity index (χ0v) is 22.2. The first-order chi connectivity index (χ1) is 15.7. The van der Waals surface area contributed by atoms with E-state index in [1.54, 1.807) is 0 Å². The topological polar surface area (TPSA) is 66.5 Å². The lowest BCUT2D eigenvalue weighted by Gasteiger charge is -2.61. The fourth-order valence-electron chi connectivity index (χ4n) is 9.54. The highest BCUT2D eigenvalue weighted by Crippen LogP contribution is 2.68. The van der Waals surface area contributed by atoms with Crippen molar-refractivity contribution in [3.8, 4) is 0 Å². The zero-order chi connectivity index (χ0) is 24.0. The summed E-state index contributed by atoms with van der Waals surface area (Å²) in [6.07, 6.45) is 14.8. The Bertz CT molecular complexity index is 699. The highest BCUT2D eigenvalue weighted by Gasteiger charge is 2.61. The van der Waals surface area contributed by atoms with Crippen LogP contribution in [0.1, 0.15) is 98.8 Å². The van der Waals surface area contributed by atoms with Gasteiger partial charge in [0.15, 0.2) is 0 Å². The second-order valence-corrected chi connectivity index (χ2v) is 13.6. The molecule has 33 heavy (non-hydrogen) atoms. The van der Waals surface area contributed by atoms with Crippen LogP contribution in [-0.4, -0.2) is 29.5 Å². The van der Waals surface area contributed by atoms with Crippen molar-refractivity contribution in [1.29, 1.82) is 0 Å². The first-order valence-electron chi connectivity index (χ1n) is 14.4. The number of nitrogens with two attached hydrogens (primary N) is 1. The van der Waals surface area contributed by atoms with Crippen molar-refractivity contribution < 1.29 is 10.2 Å². The van der Waals surface area contributed by atoms with Crippen LogP contribution < -0.4 is 5.73 Å². The SMILES string of the molecule is CC(C)CCC[C@@H](C)[C@H]1CCC2C3C(C(CN)CO)C=C4C[C@@H](O)CC[C@]4(C)C3CC[C@@]21C. The predicted octanol–water partition coefficient (Wildman–Crippen LogP) is 6.18. The van der Waals surface area contributed by atoms with Gasteiger partial charge < -0.3 is 15.9 Å². The Kier molecular flexibility index (Phi) is 7.74. The van der Waals surface area contributed by atoms with Gasteiger partial charge in [0, 0.05) is 12.5 Å². The highest BCUT2D eigenvalue weighted by molar-refractivity contribution is 5.28. The van der Waals surface area contributed by atoms with Crippen LogP contribution in [-0.2, 0) is 0 Å². The molecule has 0 amide bonds. The third-order valence-electron chi connectivity index (χ3n) is 11.5. The minimum absolute atomic E-state index is 0.151. The predicted molar refractivity (Wildman–Crippen MR) is 138 cm³/mol. The van der Waals surface area contributed by atoms with Crippen molar-refractivity contribution in [1.82, 2.24) is 0 Å². The molecule has 0 aromatic rings.